The van der Waals surface area contributed by atoms with Crippen LogP contribution in [-0.4, -0.2) is 11.3 Å². The zero-order valence-corrected chi connectivity index (χ0v) is 11.5. The van der Waals surface area contributed by atoms with Crippen LogP contribution in [0, 0.1) is 0 Å². The van der Waals surface area contributed by atoms with Gasteiger partial charge in [0, 0.05) is 18.0 Å². The second kappa shape index (κ2) is 5.58. The summed E-state index contributed by atoms with van der Waals surface area (Å²) in [5.41, 5.74) is 7.03. The summed E-state index contributed by atoms with van der Waals surface area (Å²) in [4.78, 5) is 3.87. The minimum absolute atomic E-state index is 0.314. The zero-order valence-electron chi connectivity index (χ0n) is 9.91. The SMILES string of the molecule is Nc1cncc(Br)c1Nc1cccc(OC(F)(F)F)c1. The lowest BCUT2D eigenvalue weighted by Crippen LogP contribution is -2.17. The van der Waals surface area contributed by atoms with E-state index >= 15 is 0 Å². The number of ether oxygens (including phenoxy) is 1. The first-order chi connectivity index (χ1) is 9.35. The number of nitrogens with one attached hydrogen (secondary N) is 1. The molecule has 1 aromatic heterocycles. The lowest BCUT2D eigenvalue weighted by atomic mass is 10.2. The van der Waals surface area contributed by atoms with Gasteiger partial charge >= 0.3 is 6.36 Å². The van der Waals surface area contributed by atoms with E-state index in [1.165, 1.54) is 30.6 Å². The summed E-state index contributed by atoms with van der Waals surface area (Å²) >= 11 is 3.26. The third-order valence-electron chi connectivity index (χ3n) is 2.27. The van der Waals surface area contributed by atoms with Gasteiger partial charge in [-0.1, -0.05) is 6.07 Å². The van der Waals surface area contributed by atoms with Crippen molar-refractivity contribution in [3.05, 3.63) is 41.1 Å². The van der Waals surface area contributed by atoms with Crippen LogP contribution in [0.4, 0.5) is 30.2 Å². The summed E-state index contributed by atoms with van der Waals surface area (Å²) in [6, 6.07) is 5.47. The molecule has 0 fully saturated rings. The van der Waals surface area contributed by atoms with Crippen molar-refractivity contribution in [2.24, 2.45) is 0 Å². The Bertz CT molecular complexity index is 599. The van der Waals surface area contributed by atoms with Gasteiger partial charge in [0.25, 0.3) is 0 Å². The highest BCUT2D eigenvalue weighted by Gasteiger charge is 2.31. The van der Waals surface area contributed by atoms with Gasteiger partial charge in [-0.25, -0.2) is 0 Å². The first-order valence-electron chi connectivity index (χ1n) is 5.37. The Morgan fingerprint density at radius 3 is 2.65 bits per heavy atom. The number of nitrogens with zero attached hydrogens (tertiary/aromatic N) is 1. The van der Waals surface area contributed by atoms with Crippen LogP contribution in [0.3, 0.4) is 0 Å². The highest BCUT2D eigenvalue weighted by Crippen LogP contribution is 2.32. The number of rotatable bonds is 3. The Morgan fingerprint density at radius 2 is 2.00 bits per heavy atom. The normalized spacial score (nSPS) is 11.2. The molecule has 3 N–H and O–H groups in total. The largest absolute Gasteiger partial charge is 0.573 e. The van der Waals surface area contributed by atoms with Crippen molar-refractivity contribution in [2.45, 2.75) is 6.36 Å². The van der Waals surface area contributed by atoms with E-state index in [1.54, 1.807) is 6.07 Å². The number of hydrogen-bond acceptors (Lipinski definition) is 4. The van der Waals surface area contributed by atoms with Gasteiger partial charge in [-0.05, 0) is 28.1 Å². The van der Waals surface area contributed by atoms with Crippen molar-refractivity contribution in [1.82, 2.24) is 4.98 Å². The maximum atomic E-state index is 12.1. The monoisotopic (exact) mass is 347 g/mol. The molecule has 0 aliphatic heterocycles. The number of aromatic nitrogens is 1. The quantitative estimate of drug-likeness (QED) is 0.878. The van der Waals surface area contributed by atoms with Crippen LogP contribution in [0.5, 0.6) is 5.75 Å². The highest BCUT2D eigenvalue weighted by atomic mass is 79.9. The summed E-state index contributed by atoms with van der Waals surface area (Å²) in [5.74, 6) is -0.314. The average Bonchev–Trinajstić information content (AvgIpc) is 2.32. The predicted octanol–water partition coefficient (Wildman–Crippen LogP) is 4.07. The number of benzene rings is 1. The van der Waals surface area contributed by atoms with E-state index in [0.29, 0.717) is 21.5 Å². The fraction of sp³-hybridized carbons (Fsp3) is 0.0833. The molecule has 4 nitrogen and oxygen atoms in total. The van der Waals surface area contributed by atoms with E-state index in [2.05, 4.69) is 31.0 Å². The van der Waals surface area contributed by atoms with Crippen LogP contribution in [0.1, 0.15) is 0 Å². The molecular weight excluding hydrogens is 339 g/mol. The van der Waals surface area contributed by atoms with Gasteiger partial charge < -0.3 is 15.8 Å². The average molecular weight is 348 g/mol. The van der Waals surface area contributed by atoms with E-state index < -0.39 is 6.36 Å². The first-order valence-corrected chi connectivity index (χ1v) is 6.16. The third-order valence-corrected chi connectivity index (χ3v) is 2.87. The van der Waals surface area contributed by atoms with E-state index in [-0.39, 0.29) is 5.75 Å². The van der Waals surface area contributed by atoms with Crippen molar-refractivity contribution < 1.29 is 17.9 Å². The van der Waals surface area contributed by atoms with Crippen molar-refractivity contribution in [3.8, 4) is 5.75 Å². The number of hydrogen-bond donors (Lipinski definition) is 2. The molecule has 2 aromatic rings. The molecule has 0 aliphatic carbocycles. The smallest absolute Gasteiger partial charge is 0.406 e. The predicted molar refractivity (Wildman–Crippen MR) is 72.8 cm³/mol. The van der Waals surface area contributed by atoms with E-state index in [0.717, 1.165) is 0 Å². The van der Waals surface area contributed by atoms with Crippen LogP contribution in [-0.2, 0) is 0 Å². The van der Waals surface area contributed by atoms with Crippen molar-refractivity contribution in [3.63, 3.8) is 0 Å². The Kier molecular flexibility index (Phi) is 4.03. The molecule has 0 saturated carbocycles. The Balaban J connectivity index is 2.24. The summed E-state index contributed by atoms with van der Waals surface area (Å²) < 4.78 is 40.9. The minimum Gasteiger partial charge on any atom is -0.406 e. The summed E-state index contributed by atoms with van der Waals surface area (Å²) in [5, 5.41) is 2.91. The molecule has 1 heterocycles. The van der Waals surface area contributed by atoms with Gasteiger partial charge in [0.05, 0.1) is 22.0 Å². The summed E-state index contributed by atoms with van der Waals surface area (Å²) in [6.07, 6.45) is -1.77. The van der Waals surface area contributed by atoms with Gasteiger partial charge in [-0.2, -0.15) is 0 Å². The molecule has 0 spiro atoms. The molecule has 0 saturated heterocycles. The molecule has 0 radical (unpaired) electrons. The van der Waals surface area contributed by atoms with Gasteiger partial charge in [0.1, 0.15) is 5.75 Å². The number of nitrogen functional groups attached to an aromatic ring is 1. The third kappa shape index (κ3) is 3.77. The molecule has 1 aromatic carbocycles. The minimum atomic E-state index is -4.73. The lowest BCUT2D eigenvalue weighted by Gasteiger charge is -2.13. The second-order valence-electron chi connectivity index (χ2n) is 3.79. The fourth-order valence-electron chi connectivity index (χ4n) is 1.50. The van der Waals surface area contributed by atoms with E-state index in [1.807, 2.05) is 0 Å². The van der Waals surface area contributed by atoms with Crippen molar-refractivity contribution in [2.75, 3.05) is 11.1 Å². The zero-order chi connectivity index (χ0) is 14.8. The highest BCUT2D eigenvalue weighted by molar-refractivity contribution is 9.10. The molecular formula is C12H9BrF3N3O. The molecule has 106 valence electrons. The lowest BCUT2D eigenvalue weighted by molar-refractivity contribution is -0.274. The van der Waals surface area contributed by atoms with Gasteiger partial charge in [0.15, 0.2) is 0 Å². The fourth-order valence-corrected chi connectivity index (χ4v) is 1.94. The van der Waals surface area contributed by atoms with Crippen LogP contribution in [0.25, 0.3) is 0 Å². The van der Waals surface area contributed by atoms with Crippen LogP contribution >= 0.6 is 15.9 Å². The Morgan fingerprint density at radius 1 is 1.25 bits per heavy atom. The number of pyridine rings is 1. The topological polar surface area (TPSA) is 60.2 Å². The maximum absolute atomic E-state index is 12.1. The molecule has 0 amide bonds. The standard InChI is InChI=1S/C12H9BrF3N3O/c13-9-5-18-6-10(17)11(9)19-7-2-1-3-8(4-7)20-12(14,15)16/h1-6H,17H2,(H,18,19). The molecule has 20 heavy (non-hydrogen) atoms. The molecule has 0 unspecified atom stereocenters. The summed E-state index contributed by atoms with van der Waals surface area (Å²) in [7, 11) is 0. The van der Waals surface area contributed by atoms with Crippen molar-refractivity contribution in [1.29, 1.82) is 0 Å². The number of halogens is 4. The number of alkyl halides is 3. The molecule has 2 rings (SSSR count). The van der Waals surface area contributed by atoms with E-state index in [4.69, 9.17) is 5.73 Å². The van der Waals surface area contributed by atoms with Crippen LogP contribution in [0.2, 0.25) is 0 Å². The summed E-state index contributed by atoms with van der Waals surface area (Å²) in [6.45, 7) is 0. The molecule has 0 aliphatic rings. The van der Waals surface area contributed by atoms with Gasteiger partial charge in [0.2, 0.25) is 0 Å². The van der Waals surface area contributed by atoms with Gasteiger partial charge in [-0.15, -0.1) is 13.2 Å². The van der Waals surface area contributed by atoms with E-state index in [9.17, 15) is 13.2 Å². The van der Waals surface area contributed by atoms with Crippen molar-refractivity contribution >= 4 is 33.0 Å². The van der Waals surface area contributed by atoms with Gasteiger partial charge in [-0.3, -0.25) is 4.98 Å². The first kappa shape index (κ1) is 14.4. The van der Waals surface area contributed by atoms with Crippen LogP contribution < -0.4 is 15.8 Å². The molecule has 0 bridgehead atoms. The second-order valence-corrected chi connectivity index (χ2v) is 4.64. The maximum Gasteiger partial charge on any atom is 0.573 e. The number of anilines is 3. The Labute approximate surface area is 120 Å². The molecule has 8 heteroatoms. The Hall–Kier alpha value is -1.96. The molecule has 0 atom stereocenters. The number of nitrogens with two attached hydrogens (primary N) is 1. The van der Waals surface area contributed by atoms with Crippen LogP contribution in [0.15, 0.2) is 41.1 Å².